The summed E-state index contributed by atoms with van der Waals surface area (Å²) in [7, 11) is 1.82. The number of nitrogen functional groups attached to an aromatic ring is 1. The molecular formula is C28H23N9O2. The molecule has 192 valence electrons. The van der Waals surface area contributed by atoms with Crippen molar-refractivity contribution >= 4 is 22.9 Å². The molecule has 11 nitrogen and oxygen atoms in total. The van der Waals surface area contributed by atoms with E-state index in [4.69, 9.17) is 5.73 Å². The molecule has 5 aromatic heterocycles. The zero-order chi connectivity index (χ0) is 27.1. The number of aromatic nitrogens is 7. The molecule has 1 atom stereocenters. The average Bonchev–Trinajstić information content (AvgIpc) is 3.63. The number of carbonyl (C=O) groups is 1. The van der Waals surface area contributed by atoms with Crippen molar-refractivity contribution in [2.45, 2.75) is 13.0 Å². The van der Waals surface area contributed by atoms with Gasteiger partial charge in [-0.2, -0.15) is 10.2 Å². The number of benzene rings is 1. The Morgan fingerprint density at radius 1 is 1.05 bits per heavy atom. The summed E-state index contributed by atoms with van der Waals surface area (Å²) in [4.78, 5) is 31.5. The second-order valence-corrected chi connectivity index (χ2v) is 8.99. The summed E-state index contributed by atoms with van der Waals surface area (Å²) in [6, 6.07) is 17.6. The van der Waals surface area contributed by atoms with E-state index in [1.165, 1.54) is 4.52 Å². The lowest BCUT2D eigenvalue weighted by molar-refractivity contribution is 0.0932. The van der Waals surface area contributed by atoms with Crippen LogP contribution in [0.3, 0.4) is 0 Å². The first-order chi connectivity index (χ1) is 18.9. The third kappa shape index (κ3) is 4.19. The number of nitrogens with one attached hydrogen (secondary N) is 1. The quantitative estimate of drug-likeness (QED) is 0.345. The molecule has 6 aromatic rings. The number of aryl methyl sites for hydroxylation is 1. The van der Waals surface area contributed by atoms with Gasteiger partial charge < -0.3 is 11.1 Å². The van der Waals surface area contributed by atoms with Crippen LogP contribution in [0.2, 0.25) is 0 Å². The Morgan fingerprint density at radius 2 is 1.87 bits per heavy atom. The Balaban J connectivity index is 1.45. The zero-order valence-corrected chi connectivity index (χ0v) is 21.1. The maximum Gasteiger partial charge on any atom is 0.338 e. The predicted molar refractivity (Wildman–Crippen MR) is 145 cm³/mol. The van der Waals surface area contributed by atoms with Crippen LogP contribution in [0.5, 0.6) is 0 Å². The highest BCUT2D eigenvalue weighted by Gasteiger charge is 2.23. The van der Waals surface area contributed by atoms with E-state index in [0.717, 1.165) is 5.56 Å². The second kappa shape index (κ2) is 9.35. The number of para-hydroxylation sites is 1. The van der Waals surface area contributed by atoms with Crippen LogP contribution in [0.25, 0.3) is 16.9 Å². The van der Waals surface area contributed by atoms with E-state index in [-0.39, 0.29) is 17.2 Å². The topological polar surface area (TPSA) is 130 Å². The lowest BCUT2D eigenvalue weighted by Gasteiger charge is -2.20. The first-order valence-electron chi connectivity index (χ1n) is 12.1. The highest BCUT2D eigenvalue weighted by atomic mass is 16.2. The number of fused-ring (bicyclic) bond motifs is 2. The number of hydrogen-bond donors (Lipinski definition) is 2. The van der Waals surface area contributed by atoms with Crippen LogP contribution in [0.4, 0.5) is 5.82 Å². The van der Waals surface area contributed by atoms with E-state index in [9.17, 15) is 9.59 Å². The number of carbonyl (C=O) groups excluding carboxylic acids is 1. The fraction of sp³-hybridized carbons (Fsp3) is 0.107. The summed E-state index contributed by atoms with van der Waals surface area (Å²) in [5.74, 6) is 5.75. The molecule has 0 aliphatic carbocycles. The second-order valence-electron chi connectivity index (χ2n) is 8.99. The van der Waals surface area contributed by atoms with Gasteiger partial charge in [0.15, 0.2) is 17.2 Å². The molecule has 39 heavy (non-hydrogen) atoms. The van der Waals surface area contributed by atoms with Crippen molar-refractivity contribution in [1.82, 2.24) is 38.7 Å². The van der Waals surface area contributed by atoms with Gasteiger partial charge in [0.2, 0.25) is 0 Å². The summed E-state index contributed by atoms with van der Waals surface area (Å²) >= 11 is 0. The Labute approximate surface area is 222 Å². The average molecular weight is 518 g/mol. The van der Waals surface area contributed by atoms with Gasteiger partial charge >= 0.3 is 5.69 Å². The normalized spacial score (nSPS) is 11.8. The lowest BCUT2D eigenvalue weighted by atomic mass is 10.1. The van der Waals surface area contributed by atoms with E-state index in [0.29, 0.717) is 28.2 Å². The van der Waals surface area contributed by atoms with E-state index in [1.807, 2.05) is 56.4 Å². The number of hydrogen-bond acceptors (Lipinski definition) is 6. The molecule has 0 radical (unpaired) electrons. The largest absolute Gasteiger partial charge is 0.382 e. The molecule has 0 bridgehead atoms. The smallest absolute Gasteiger partial charge is 0.338 e. The van der Waals surface area contributed by atoms with Crippen LogP contribution in [0, 0.1) is 11.8 Å². The molecule has 1 aromatic carbocycles. The molecule has 5 heterocycles. The van der Waals surface area contributed by atoms with Crippen LogP contribution < -0.4 is 16.7 Å². The standard InChI is InChI=1S/C28H23N9O2/c1-18(32-27(38)25-26(29)33-24-9-6-14-30-37(24)25)23-15-22-13-12-21(11-10-19-16-31-34(2)17-19)35(22)28(39)36(23)20-7-4-3-5-8-20/h3-9,12-18H,29H2,1-2H3,(H,32,38)/t18-/m1/s1. The number of nitrogens with two attached hydrogens (primary N) is 1. The first kappa shape index (κ1) is 23.7. The lowest BCUT2D eigenvalue weighted by Crippen LogP contribution is -2.35. The van der Waals surface area contributed by atoms with Gasteiger partial charge in [-0.25, -0.2) is 14.3 Å². The van der Waals surface area contributed by atoms with Gasteiger partial charge in [-0.1, -0.05) is 24.1 Å². The fourth-order valence-corrected chi connectivity index (χ4v) is 4.54. The van der Waals surface area contributed by atoms with Gasteiger partial charge in [0, 0.05) is 19.4 Å². The third-order valence-corrected chi connectivity index (χ3v) is 6.33. The van der Waals surface area contributed by atoms with Gasteiger partial charge in [-0.3, -0.25) is 18.4 Å². The third-order valence-electron chi connectivity index (χ3n) is 6.33. The molecule has 0 saturated carbocycles. The zero-order valence-electron chi connectivity index (χ0n) is 21.1. The van der Waals surface area contributed by atoms with Gasteiger partial charge in [0.05, 0.1) is 34.7 Å². The monoisotopic (exact) mass is 517 g/mol. The Bertz CT molecular complexity index is 1980. The summed E-state index contributed by atoms with van der Waals surface area (Å²) in [5, 5.41) is 11.3. The number of rotatable bonds is 4. The number of imidazole rings is 1. The Hall–Kier alpha value is -5.63. The van der Waals surface area contributed by atoms with E-state index in [1.54, 1.807) is 50.4 Å². The van der Waals surface area contributed by atoms with Gasteiger partial charge in [-0.15, -0.1) is 0 Å². The SMILES string of the molecule is C[C@@H](NC(=O)c1c(N)nc2cccnn12)c1cc2ccc(C#Cc3cnn(C)c3)n2c(=O)n1-c1ccccc1. The van der Waals surface area contributed by atoms with Crippen molar-refractivity contribution in [3.8, 4) is 17.5 Å². The van der Waals surface area contributed by atoms with E-state index >= 15 is 0 Å². The molecule has 3 N–H and O–H groups in total. The van der Waals surface area contributed by atoms with Crippen molar-refractivity contribution in [3.05, 3.63) is 112 Å². The van der Waals surface area contributed by atoms with Crippen molar-refractivity contribution in [2.24, 2.45) is 7.05 Å². The van der Waals surface area contributed by atoms with Gasteiger partial charge in [0.1, 0.15) is 5.69 Å². The van der Waals surface area contributed by atoms with Crippen molar-refractivity contribution < 1.29 is 4.79 Å². The Kier molecular flexibility index (Phi) is 5.69. The molecule has 0 unspecified atom stereocenters. The first-order valence-corrected chi connectivity index (χ1v) is 12.1. The molecule has 1 amide bonds. The summed E-state index contributed by atoms with van der Waals surface area (Å²) in [6.07, 6.45) is 5.02. The Morgan fingerprint density at radius 3 is 2.64 bits per heavy atom. The van der Waals surface area contributed by atoms with Crippen LogP contribution in [0.1, 0.15) is 40.4 Å². The van der Waals surface area contributed by atoms with Crippen molar-refractivity contribution in [3.63, 3.8) is 0 Å². The van der Waals surface area contributed by atoms with Gasteiger partial charge in [-0.05, 0) is 55.3 Å². The summed E-state index contributed by atoms with van der Waals surface area (Å²) < 4.78 is 6.19. The van der Waals surface area contributed by atoms with Crippen LogP contribution in [-0.4, -0.2) is 39.3 Å². The number of anilines is 1. The van der Waals surface area contributed by atoms with Crippen LogP contribution >= 0.6 is 0 Å². The highest BCUT2D eigenvalue weighted by Crippen LogP contribution is 2.21. The van der Waals surface area contributed by atoms with E-state index in [2.05, 4.69) is 32.3 Å². The van der Waals surface area contributed by atoms with E-state index < -0.39 is 11.9 Å². The summed E-state index contributed by atoms with van der Waals surface area (Å²) in [6.45, 7) is 1.81. The molecule has 0 fully saturated rings. The molecule has 0 spiro atoms. The minimum absolute atomic E-state index is 0.0673. The molecule has 11 heteroatoms. The minimum Gasteiger partial charge on any atom is -0.382 e. The molecule has 0 aliphatic rings. The predicted octanol–water partition coefficient (Wildman–Crippen LogP) is 2.34. The molecule has 0 aliphatic heterocycles. The molecule has 6 rings (SSSR count). The van der Waals surface area contributed by atoms with Crippen molar-refractivity contribution in [1.29, 1.82) is 0 Å². The van der Waals surface area contributed by atoms with Crippen LogP contribution in [0.15, 0.2) is 84.0 Å². The molecule has 0 saturated heterocycles. The fourth-order valence-electron chi connectivity index (χ4n) is 4.54. The van der Waals surface area contributed by atoms with Crippen LogP contribution in [-0.2, 0) is 7.05 Å². The maximum atomic E-state index is 14.0. The minimum atomic E-state index is -0.580. The number of nitrogens with zero attached hydrogens (tertiary/aromatic N) is 7. The van der Waals surface area contributed by atoms with Crippen molar-refractivity contribution in [2.75, 3.05) is 5.73 Å². The highest BCUT2D eigenvalue weighted by molar-refractivity contribution is 5.98. The maximum absolute atomic E-state index is 14.0. The van der Waals surface area contributed by atoms with Gasteiger partial charge in [0.25, 0.3) is 5.91 Å². The molecular weight excluding hydrogens is 494 g/mol. The number of amides is 1. The summed E-state index contributed by atoms with van der Waals surface area (Å²) in [5.41, 5.74) is 9.49.